The van der Waals surface area contributed by atoms with Gasteiger partial charge in [-0.3, -0.25) is 14.4 Å². The normalized spacial score (nSPS) is 14.4. The molecular weight excluding hydrogens is 470 g/mol. The molecule has 13 heteroatoms. The van der Waals surface area contributed by atoms with Crippen LogP contribution < -0.4 is 21.7 Å². The van der Waals surface area contributed by atoms with Crippen LogP contribution in [-0.4, -0.2) is 79.6 Å². The number of aromatic amines is 2. The summed E-state index contributed by atoms with van der Waals surface area (Å²) in [6.07, 6.45) is 4.73. The van der Waals surface area contributed by atoms with Gasteiger partial charge in [0.2, 0.25) is 17.7 Å². The number of nitrogens with one attached hydrogen (secondary N) is 5. The Kier molecular flexibility index (Phi) is 8.76. The van der Waals surface area contributed by atoms with E-state index in [1.807, 2.05) is 24.3 Å². The zero-order chi connectivity index (χ0) is 26.2. The maximum atomic E-state index is 12.6. The molecule has 192 valence electrons. The van der Waals surface area contributed by atoms with Gasteiger partial charge in [0, 0.05) is 35.4 Å². The van der Waals surface area contributed by atoms with Crippen molar-refractivity contribution in [1.29, 1.82) is 0 Å². The molecule has 0 saturated heterocycles. The SMILES string of the molecule is CC(NC(=O)C(CO)NC(=O)C(N)Cc1c[nH]c2ccccc12)C(=O)NC(Cc1cnc[nH]1)C(=O)O. The van der Waals surface area contributed by atoms with E-state index in [0.717, 1.165) is 16.5 Å². The third kappa shape index (κ3) is 6.67. The number of aromatic nitrogens is 3. The molecular formula is C23H29N7O6. The van der Waals surface area contributed by atoms with Gasteiger partial charge < -0.3 is 41.9 Å². The van der Waals surface area contributed by atoms with Crippen LogP contribution >= 0.6 is 0 Å². The van der Waals surface area contributed by atoms with Crippen molar-refractivity contribution in [2.24, 2.45) is 5.73 Å². The number of para-hydroxylation sites is 1. The number of carboxylic acid groups (broad SMARTS) is 1. The van der Waals surface area contributed by atoms with Crippen LogP contribution in [0.3, 0.4) is 0 Å². The molecule has 3 aromatic rings. The Hall–Kier alpha value is -4.23. The number of rotatable bonds is 12. The summed E-state index contributed by atoms with van der Waals surface area (Å²) in [5.74, 6) is -3.50. The number of amides is 3. The molecule has 13 nitrogen and oxygen atoms in total. The molecule has 0 aliphatic rings. The molecule has 0 fully saturated rings. The number of H-pyrrole nitrogens is 2. The Bertz CT molecular complexity index is 1210. The van der Waals surface area contributed by atoms with Gasteiger partial charge in [-0.2, -0.15) is 0 Å². The van der Waals surface area contributed by atoms with Crippen LogP contribution in [0.2, 0.25) is 0 Å². The van der Waals surface area contributed by atoms with E-state index in [4.69, 9.17) is 5.73 Å². The largest absolute Gasteiger partial charge is 0.480 e. The van der Waals surface area contributed by atoms with Crippen LogP contribution in [0.4, 0.5) is 0 Å². The first kappa shape index (κ1) is 26.4. The number of carboxylic acids is 1. The molecule has 0 radical (unpaired) electrons. The molecule has 1 aromatic carbocycles. The molecule has 3 rings (SSSR count). The van der Waals surface area contributed by atoms with E-state index in [-0.39, 0.29) is 12.8 Å². The summed E-state index contributed by atoms with van der Waals surface area (Å²) in [4.78, 5) is 58.8. The highest BCUT2D eigenvalue weighted by molar-refractivity contribution is 5.94. The lowest BCUT2D eigenvalue weighted by Crippen LogP contribution is -2.57. The van der Waals surface area contributed by atoms with Crippen molar-refractivity contribution in [1.82, 2.24) is 30.9 Å². The molecule has 9 N–H and O–H groups in total. The highest BCUT2D eigenvalue weighted by Crippen LogP contribution is 2.18. The third-order valence-electron chi connectivity index (χ3n) is 5.61. The van der Waals surface area contributed by atoms with E-state index in [1.165, 1.54) is 19.4 Å². The summed E-state index contributed by atoms with van der Waals surface area (Å²) >= 11 is 0. The van der Waals surface area contributed by atoms with Gasteiger partial charge in [0.1, 0.15) is 18.1 Å². The van der Waals surface area contributed by atoms with E-state index < -0.39 is 54.5 Å². The number of nitrogens with zero attached hydrogens (tertiary/aromatic N) is 1. The van der Waals surface area contributed by atoms with E-state index in [9.17, 15) is 29.4 Å². The average molecular weight is 500 g/mol. The maximum absolute atomic E-state index is 12.6. The average Bonchev–Trinajstić information content (AvgIpc) is 3.51. The summed E-state index contributed by atoms with van der Waals surface area (Å²) in [6, 6.07) is 2.77. The Morgan fingerprint density at radius 1 is 1.00 bits per heavy atom. The number of benzene rings is 1. The molecule has 3 amide bonds. The minimum atomic E-state index is -1.36. The molecule has 0 aliphatic carbocycles. The highest BCUT2D eigenvalue weighted by Gasteiger charge is 2.28. The number of aliphatic hydroxyl groups is 1. The lowest BCUT2D eigenvalue weighted by Gasteiger charge is -2.22. The number of carbonyl (C=O) groups excluding carboxylic acids is 3. The quantitative estimate of drug-likeness (QED) is 0.147. The van der Waals surface area contributed by atoms with Crippen LogP contribution in [-0.2, 0) is 32.0 Å². The summed E-state index contributed by atoms with van der Waals surface area (Å²) in [6.45, 7) is 0.616. The van der Waals surface area contributed by atoms with Gasteiger partial charge in [0.05, 0.1) is 19.0 Å². The van der Waals surface area contributed by atoms with Gasteiger partial charge in [0.15, 0.2) is 0 Å². The van der Waals surface area contributed by atoms with Gasteiger partial charge >= 0.3 is 5.97 Å². The monoisotopic (exact) mass is 499 g/mol. The molecule has 0 spiro atoms. The second-order valence-electron chi connectivity index (χ2n) is 8.32. The van der Waals surface area contributed by atoms with Crippen molar-refractivity contribution < 1.29 is 29.4 Å². The second kappa shape index (κ2) is 12.0. The Labute approximate surface area is 205 Å². The number of hydrogen-bond donors (Lipinski definition) is 8. The number of hydrogen-bond acceptors (Lipinski definition) is 7. The van der Waals surface area contributed by atoms with Gasteiger partial charge in [0.25, 0.3) is 0 Å². The molecule has 4 unspecified atom stereocenters. The Morgan fingerprint density at radius 3 is 2.39 bits per heavy atom. The van der Waals surface area contributed by atoms with Crippen LogP contribution in [0, 0.1) is 0 Å². The maximum Gasteiger partial charge on any atom is 0.326 e. The minimum absolute atomic E-state index is 0.0363. The summed E-state index contributed by atoms with van der Waals surface area (Å²) in [5, 5.41) is 27.0. The lowest BCUT2D eigenvalue weighted by molar-refractivity contribution is -0.142. The molecule has 0 bridgehead atoms. The van der Waals surface area contributed by atoms with Gasteiger partial charge in [-0.15, -0.1) is 0 Å². The fourth-order valence-electron chi connectivity index (χ4n) is 3.60. The zero-order valence-corrected chi connectivity index (χ0v) is 19.5. The number of nitrogens with two attached hydrogens (primary N) is 1. The molecule has 4 atom stereocenters. The van der Waals surface area contributed by atoms with Crippen molar-refractivity contribution in [3.05, 3.63) is 54.2 Å². The van der Waals surface area contributed by atoms with Crippen molar-refractivity contribution in [2.75, 3.05) is 6.61 Å². The summed E-state index contributed by atoms with van der Waals surface area (Å²) in [5.41, 5.74) is 8.25. The van der Waals surface area contributed by atoms with E-state index in [0.29, 0.717) is 5.69 Å². The standard InChI is InChI=1S/C23H29N7O6/c1-12(20(32)29-18(23(35)36)7-14-9-25-11-27-14)28-22(34)19(10-31)30-21(33)16(24)6-13-8-26-17-5-3-2-4-15(13)17/h2-5,8-9,11-12,16,18-19,26,31H,6-7,10,24H2,1H3,(H,25,27)(H,28,34)(H,29,32)(H,30,33)(H,35,36). The first-order chi connectivity index (χ1) is 17.2. The smallest absolute Gasteiger partial charge is 0.326 e. The van der Waals surface area contributed by atoms with Gasteiger partial charge in [-0.25, -0.2) is 9.78 Å². The fourth-order valence-corrected chi connectivity index (χ4v) is 3.60. The third-order valence-corrected chi connectivity index (χ3v) is 5.61. The molecule has 2 heterocycles. The summed E-state index contributed by atoms with van der Waals surface area (Å²) in [7, 11) is 0. The Balaban J connectivity index is 1.53. The van der Waals surface area contributed by atoms with Crippen LogP contribution in [0.5, 0.6) is 0 Å². The predicted molar refractivity (Wildman–Crippen MR) is 128 cm³/mol. The van der Waals surface area contributed by atoms with Crippen LogP contribution in [0.1, 0.15) is 18.2 Å². The highest BCUT2D eigenvalue weighted by atomic mass is 16.4. The number of aliphatic hydroxyl groups excluding tert-OH is 1. The van der Waals surface area contributed by atoms with Crippen molar-refractivity contribution in [2.45, 2.75) is 43.9 Å². The van der Waals surface area contributed by atoms with Crippen LogP contribution in [0.15, 0.2) is 43.0 Å². The van der Waals surface area contributed by atoms with Crippen molar-refractivity contribution in [3.8, 4) is 0 Å². The lowest BCUT2D eigenvalue weighted by atomic mass is 10.0. The van der Waals surface area contributed by atoms with Gasteiger partial charge in [-0.1, -0.05) is 18.2 Å². The predicted octanol–water partition coefficient (Wildman–Crippen LogP) is -1.45. The van der Waals surface area contributed by atoms with Crippen molar-refractivity contribution >= 4 is 34.6 Å². The van der Waals surface area contributed by atoms with Crippen molar-refractivity contribution in [3.63, 3.8) is 0 Å². The van der Waals surface area contributed by atoms with Gasteiger partial charge in [-0.05, 0) is 25.0 Å². The van der Waals surface area contributed by atoms with E-state index in [2.05, 4.69) is 30.9 Å². The number of fused-ring (bicyclic) bond motifs is 1. The van der Waals surface area contributed by atoms with E-state index in [1.54, 1.807) is 6.20 Å². The fraction of sp³-hybridized carbons (Fsp3) is 0.348. The molecule has 2 aromatic heterocycles. The van der Waals surface area contributed by atoms with Crippen LogP contribution in [0.25, 0.3) is 10.9 Å². The first-order valence-electron chi connectivity index (χ1n) is 11.2. The number of carbonyl (C=O) groups is 4. The molecule has 0 saturated carbocycles. The molecule has 36 heavy (non-hydrogen) atoms. The molecule has 0 aliphatic heterocycles. The Morgan fingerprint density at radius 2 is 1.72 bits per heavy atom. The van der Waals surface area contributed by atoms with E-state index >= 15 is 0 Å². The number of aliphatic carboxylic acids is 1. The summed E-state index contributed by atoms with van der Waals surface area (Å²) < 4.78 is 0. The minimum Gasteiger partial charge on any atom is -0.480 e. The first-order valence-corrected chi connectivity index (χ1v) is 11.2. The zero-order valence-electron chi connectivity index (χ0n) is 19.5. The second-order valence-corrected chi connectivity index (χ2v) is 8.32. The number of imidazole rings is 1. The topological polar surface area (TPSA) is 215 Å².